The Hall–Kier alpha value is -2.13. The van der Waals surface area contributed by atoms with E-state index in [1.807, 2.05) is 11.8 Å². The Morgan fingerprint density at radius 1 is 1.03 bits per heavy atom. The molecule has 1 aromatic carbocycles. The molecular weight excluding hydrogens is 450 g/mol. The van der Waals surface area contributed by atoms with E-state index in [1.54, 1.807) is 0 Å². The molecule has 0 saturated carbocycles. The first-order valence-corrected chi connectivity index (χ1v) is 12.4. The Labute approximate surface area is 194 Å². The van der Waals surface area contributed by atoms with Crippen LogP contribution in [0.15, 0.2) is 88.1 Å². The van der Waals surface area contributed by atoms with Crippen LogP contribution in [-0.2, 0) is 4.74 Å². The maximum atomic E-state index is 8.49. The SMILES string of the molecule is C[N+](C)=C1C=CC(=CC2=C3OC4c5ccccc5SC4C=C3CCC2)C=C1.[O-][Cl+3]([O-])([O-])[O-]. The third-order valence-electron chi connectivity index (χ3n) is 5.62. The molecule has 2 aliphatic carbocycles. The number of thioether (sulfide) groups is 1. The van der Waals surface area contributed by atoms with E-state index in [-0.39, 0.29) is 6.10 Å². The average Bonchev–Trinajstić information content (AvgIpc) is 3.09. The largest absolute Gasteiger partial charge is 0.484 e. The van der Waals surface area contributed by atoms with Crippen LogP contribution in [0.4, 0.5) is 0 Å². The Kier molecular flexibility index (Phi) is 6.76. The molecule has 0 N–H and O–H groups in total. The number of benzene rings is 1. The molecular formula is C24H24ClNO5S. The van der Waals surface area contributed by atoms with E-state index in [9.17, 15) is 0 Å². The van der Waals surface area contributed by atoms with Crippen molar-refractivity contribution in [2.24, 2.45) is 0 Å². The molecule has 2 unspecified atom stereocenters. The normalized spacial score (nSPS) is 23.4. The van der Waals surface area contributed by atoms with Crippen LogP contribution in [0.5, 0.6) is 0 Å². The van der Waals surface area contributed by atoms with Crippen LogP contribution in [0, 0.1) is 10.2 Å². The summed E-state index contributed by atoms with van der Waals surface area (Å²) in [5.74, 6) is 1.14. The second kappa shape index (κ2) is 9.39. The molecule has 6 nitrogen and oxygen atoms in total. The number of nitrogens with zero attached hydrogens (tertiary/aromatic N) is 1. The quantitative estimate of drug-likeness (QED) is 0.553. The highest BCUT2D eigenvalue weighted by molar-refractivity contribution is 8.00. The molecule has 0 saturated heterocycles. The van der Waals surface area contributed by atoms with Gasteiger partial charge in [0.05, 0.1) is 5.25 Å². The first-order chi connectivity index (χ1) is 15.2. The minimum atomic E-state index is -4.94. The molecule has 0 amide bonds. The zero-order valence-electron chi connectivity index (χ0n) is 17.8. The van der Waals surface area contributed by atoms with E-state index in [4.69, 9.17) is 23.4 Å². The first kappa shape index (κ1) is 23.0. The predicted molar refractivity (Wildman–Crippen MR) is 112 cm³/mol. The van der Waals surface area contributed by atoms with Crippen LogP contribution < -0.4 is 18.6 Å². The van der Waals surface area contributed by atoms with Gasteiger partial charge in [-0.25, -0.2) is 23.2 Å². The Bertz CT molecular complexity index is 1070. The van der Waals surface area contributed by atoms with Crippen molar-refractivity contribution in [1.29, 1.82) is 0 Å². The zero-order chi connectivity index (χ0) is 22.9. The van der Waals surface area contributed by atoms with Crippen LogP contribution in [0.2, 0.25) is 0 Å². The second-order valence-electron chi connectivity index (χ2n) is 8.07. The summed E-state index contributed by atoms with van der Waals surface area (Å²) in [6.45, 7) is 0. The molecule has 0 bridgehead atoms. The molecule has 0 fully saturated rings. The fourth-order valence-corrected chi connectivity index (χ4v) is 5.53. The molecule has 2 atom stereocenters. The molecule has 32 heavy (non-hydrogen) atoms. The summed E-state index contributed by atoms with van der Waals surface area (Å²) < 4.78 is 42.7. The second-order valence-corrected chi connectivity index (χ2v) is 10.0. The van der Waals surface area contributed by atoms with Gasteiger partial charge in [0, 0.05) is 22.6 Å². The van der Waals surface area contributed by atoms with E-state index < -0.39 is 10.2 Å². The highest BCUT2D eigenvalue weighted by Gasteiger charge is 2.39. The minimum Gasteiger partial charge on any atom is -0.484 e. The number of hydrogen-bond donors (Lipinski definition) is 0. The maximum Gasteiger partial charge on any atom is 0.199 e. The van der Waals surface area contributed by atoms with E-state index in [0.717, 1.165) is 18.6 Å². The molecule has 2 heterocycles. The van der Waals surface area contributed by atoms with Crippen LogP contribution >= 0.6 is 11.8 Å². The number of fused-ring (bicyclic) bond motifs is 4. The topological polar surface area (TPSA) is 104 Å². The molecule has 5 rings (SSSR count). The van der Waals surface area contributed by atoms with Gasteiger partial charge in [0.25, 0.3) is 0 Å². The predicted octanol–water partition coefficient (Wildman–Crippen LogP) is 0.606. The summed E-state index contributed by atoms with van der Waals surface area (Å²) >= 11 is 1.95. The summed E-state index contributed by atoms with van der Waals surface area (Å²) in [4.78, 5) is 1.37. The molecule has 0 radical (unpaired) electrons. The highest BCUT2D eigenvalue weighted by atomic mass is 35.7. The van der Waals surface area contributed by atoms with Crippen molar-refractivity contribution < 1.29 is 38.2 Å². The van der Waals surface area contributed by atoms with Crippen molar-refractivity contribution in [3.8, 4) is 0 Å². The number of halogens is 1. The molecule has 0 aromatic heterocycles. The number of rotatable bonds is 1. The number of ether oxygens (including phenoxy) is 1. The van der Waals surface area contributed by atoms with Gasteiger partial charge in [0.2, 0.25) is 0 Å². The van der Waals surface area contributed by atoms with Crippen LogP contribution in [0.25, 0.3) is 0 Å². The summed E-state index contributed by atoms with van der Waals surface area (Å²) in [6, 6.07) is 8.69. The van der Waals surface area contributed by atoms with Crippen molar-refractivity contribution in [3.05, 3.63) is 88.8 Å². The van der Waals surface area contributed by atoms with Crippen LogP contribution in [0.1, 0.15) is 30.9 Å². The third kappa shape index (κ3) is 5.43. The summed E-state index contributed by atoms with van der Waals surface area (Å²) in [5.41, 5.74) is 6.56. The molecule has 1 aromatic rings. The van der Waals surface area contributed by atoms with Crippen molar-refractivity contribution in [3.63, 3.8) is 0 Å². The monoisotopic (exact) mass is 473 g/mol. The van der Waals surface area contributed by atoms with Crippen molar-refractivity contribution >= 4 is 17.5 Å². The molecule has 0 spiro atoms. The third-order valence-corrected chi connectivity index (χ3v) is 6.90. The lowest BCUT2D eigenvalue weighted by Gasteiger charge is -2.32. The van der Waals surface area contributed by atoms with Crippen LogP contribution in [-0.4, -0.2) is 29.6 Å². The van der Waals surface area contributed by atoms with Crippen molar-refractivity contribution in [2.45, 2.75) is 35.5 Å². The van der Waals surface area contributed by atoms with Crippen molar-refractivity contribution in [2.75, 3.05) is 14.1 Å². The van der Waals surface area contributed by atoms with Gasteiger partial charge in [0.1, 0.15) is 26.0 Å². The lowest BCUT2D eigenvalue weighted by atomic mass is 9.88. The van der Waals surface area contributed by atoms with E-state index in [1.165, 1.54) is 39.3 Å². The van der Waals surface area contributed by atoms with Gasteiger partial charge in [-0.1, -0.05) is 24.3 Å². The Morgan fingerprint density at radius 3 is 2.41 bits per heavy atom. The Morgan fingerprint density at radius 2 is 1.72 bits per heavy atom. The van der Waals surface area contributed by atoms with Gasteiger partial charge in [-0.15, -0.1) is 22.0 Å². The van der Waals surface area contributed by atoms with E-state index in [2.05, 4.69) is 79.4 Å². The van der Waals surface area contributed by atoms with E-state index in [0.29, 0.717) is 5.25 Å². The lowest BCUT2D eigenvalue weighted by molar-refractivity contribution is -2.00. The van der Waals surface area contributed by atoms with Gasteiger partial charge in [-0.2, -0.15) is 0 Å². The van der Waals surface area contributed by atoms with Crippen molar-refractivity contribution in [1.82, 2.24) is 0 Å². The standard InChI is InChI=1S/C24H24NOS.ClHO4/c1-25(2)19-12-10-16(11-13-19)14-17-6-5-7-18-15-22-24(26-23(17)18)20-8-3-4-9-21(20)27-22;2-1(3,4)5/h3-4,8-15,22,24H,5-7H2,1-2H3;(H,2,3,4,5)/q+1;/p-1. The summed E-state index contributed by atoms with van der Waals surface area (Å²) in [7, 11) is -0.795. The number of allylic oxidation sites excluding steroid dienone is 8. The lowest BCUT2D eigenvalue weighted by Crippen LogP contribution is -2.68. The molecule has 2 aliphatic heterocycles. The minimum absolute atomic E-state index is 0.155. The summed E-state index contributed by atoms with van der Waals surface area (Å²) in [6.07, 6.45) is 17.1. The van der Waals surface area contributed by atoms with Gasteiger partial charge in [-0.05, 0) is 60.3 Å². The van der Waals surface area contributed by atoms with Gasteiger partial charge < -0.3 is 4.74 Å². The van der Waals surface area contributed by atoms with Gasteiger partial charge >= 0.3 is 0 Å². The first-order valence-electron chi connectivity index (χ1n) is 10.3. The van der Waals surface area contributed by atoms with E-state index >= 15 is 0 Å². The fraction of sp³-hybridized carbons (Fsp3) is 0.292. The molecule has 168 valence electrons. The van der Waals surface area contributed by atoms with Gasteiger partial charge in [-0.3, -0.25) is 0 Å². The Balaban J connectivity index is 0.000000444. The highest BCUT2D eigenvalue weighted by Crippen LogP contribution is 2.52. The number of hydrogen-bond acceptors (Lipinski definition) is 6. The average molecular weight is 474 g/mol. The summed E-state index contributed by atoms with van der Waals surface area (Å²) in [5, 5.41) is 0.417. The van der Waals surface area contributed by atoms with Gasteiger partial charge in [0.15, 0.2) is 5.71 Å². The zero-order valence-corrected chi connectivity index (χ0v) is 19.4. The smallest absolute Gasteiger partial charge is 0.199 e. The molecule has 8 heteroatoms. The maximum absolute atomic E-state index is 8.49. The molecule has 4 aliphatic rings. The van der Waals surface area contributed by atoms with Crippen LogP contribution in [0.3, 0.4) is 0 Å². The fourth-order valence-electron chi connectivity index (χ4n) is 4.21.